The number of carbonyl (C=O) groups excluding carboxylic acids is 2. The summed E-state index contributed by atoms with van der Waals surface area (Å²) in [4.78, 5) is 41.6. The molecule has 46 heavy (non-hydrogen) atoms. The highest BCUT2D eigenvalue weighted by atomic mass is 32.2. The second-order valence-electron chi connectivity index (χ2n) is 14.6. The number of hydrogen-bond donors (Lipinski definition) is 3. The summed E-state index contributed by atoms with van der Waals surface area (Å²) in [5.74, 6) is 1.43. The third kappa shape index (κ3) is 9.04. The molecule has 0 radical (unpaired) electrons. The lowest BCUT2D eigenvalue weighted by atomic mass is 9.43. The summed E-state index contributed by atoms with van der Waals surface area (Å²) in [6, 6.07) is 8.37. The van der Waals surface area contributed by atoms with Gasteiger partial charge in [-0.25, -0.2) is 15.1 Å². The fraction of sp³-hybridized carbons (Fsp3) is 0.727. The number of amides is 1. The van der Waals surface area contributed by atoms with E-state index < -0.39 is 18.1 Å². The number of thioether (sulfide) groups is 1. The van der Waals surface area contributed by atoms with Gasteiger partial charge in [-0.1, -0.05) is 62.9 Å². The summed E-state index contributed by atoms with van der Waals surface area (Å²) >= 11 is 1.70. The fourth-order valence-corrected chi connectivity index (χ4v) is 8.49. The molecule has 5 rings (SSSR count). The van der Waals surface area contributed by atoms with Gasteiger partial charge in [0, 0.05) is 36.8 Å². The molecule has 3 aliphatic carbocycles. The van der Waals surface area contributed by atoms with Gasteiger partial charge in [0.15, 0.2) is 5.03 Å². The van der Waals surface area contributed by atoms with Crippen molar-refractivity contribution in [3.8, 4) is 0 Å². The molecule has 2 bridgehead atoms. The third-order valence-electron chi connectivity index (χ3n) is 10.3. The number of nitrogens with zero attached hydrogens (tertiary/aromatic N) is 2. The Bertz CT molecular complexity index is 1260. The molecule has 4 N–H and O–H groups in total. The molecule has 4 aliphatic rings. The molecule has 1 aromatic rings. The lowest BCUT2D eigenvalue weighted by Crippen LogP contribution is -2.65. The van der Waals surface area contributed by atoms with Crippen LogP contribution in [-0.4, -0.2) is 59.7 Å². The number of carbonyl (C=O) groups is 2. The minimum Gasteiger partial charge on any atom is -0.404 e. The summed E-state index contributed by atoms with van der Waals surface area (Å²) in [5.41, 5.74) is 9.64. The maximum atomic E-state index is 13.9. The molecule has 1 heterocycles. The molecule has 6 atom stereocenters. The van der Waals surface area contributed by atoms with Crippen LogP contribution < -0.4 is 16.5 Å². The number of nitrogens with one attached hydrogen (secondary N) is 2. The second kappa shape index (κ2) is 15.5. The SMILES string of the molecule is Cc1ccc(CSCCC(=O)C[C@@H](CCCN=C(N)N[N+](=O)[O-])C(=O)N[C@@H](CC(C)C)B2O[C@@H]3C[C@H]4C[C@H](C4(C)C)[C@]3(C)O2)cc1. The number of benzene rings is 1. The number of Topliss-reactive ketones (excluding diaryl/α,β-unsaturated/α-hetero) is 1. The predicted octanol–water partition coefficient (Wildman–Crippen LogP) is 4.87. The number of nitro groups is 1. The van der Waals surface area contributed by atoms with Crippen LogP contribution in [-0.2, 0) is 24.7 Å². The first kappa shape index (κ1) is 36.2. The van der Waals surface area contributed by atoms with Crippen molar-refractivity contribution in [2.75, 3.05) is 12.3 Å². The minimum absolute atomic E-state index is 0.00622. The van der Waals surface area contributed by atoms with Crippen LogP contribution in [0, 0.1) is 46.1 Å². The number of hydrazine groups is 1. The number of hydrogen-bond acceptors (Lipinski definition) is 8. The molecular weight excluding hydrogens is 605 g/mol. The van der Waals surface area contributed by atoms with Crippen LogP contribution in [0.15, 0.2) is 29.3 Å². The van der Waals surface area contributed by atoms with Crippen LogP contribution in [0.3, 0.4) is 0 Å². The van der Waals surface area contributed by atoms with E-state index in [9.17, 15) is 19.7 Å². The van der Waals surface area contributed by atoms with E-state index >= 15 is 0 Å². The average Bonchev–Trinajstić information content (AvgIpc) is 3.34. The Kier molecular flexibility index (Phi) is 12.2. The number of ketones is 1. The van der Waals surface area contributed by atoms with Crippen LogP contribution in [0.5, 0.6) is 0 Å². The van der Waals surface area contributed by atoms with Crippen LogP contribution in [0.1, 0.15) is 90.7 Å². The molecule has 1 aliphatic heterocycles. The van der Waals surface area contributed by atoms with Gasteiger partial charge < -0.3 is 20.4 Å². The quantitative estimate of drug-likeness (QED) is 0.0531. The molecule has 254 valence electrons. The Morgan fingerprint density at radius 1 is 1.22 bits per heavy atom. The first-order valence-corrected chi connectivity index (χ1v) is 17.8. The van der Waals surface area contributed by atoms with Gasteiger partial charge in [0.25, 0.3) is 5.96 Å². The van der Waals surface area contributed by atoms with Gasteiger partial charge in [-0.05, 0) is 74.7 Å². The summed E-state index contributed by atoms with van der Waals surface area (Å²) in [6.45, 7) is 13.3. The van der Waals surface area contributed by atoms with Crippen molar-refractivity contribution in [2.24, 2.45) is 39.8 Å². The van der Waals surface area contributed by atoms with E-state index in [-0.39, 0.29) is 59.6 Å². The highest BCUT2D eigenvalue weighted by Gasteiger charge is 2.68. The molecule has 3 saturated carbocycles. The topological polar surface area (TPSA) is 158 Å². The molecule has 13 heteroatoms. The number of guanidine groups is 1. The Morgan fingerprint density at radius 3 is 2.59 bits per heavy atom. The normalized spacial score (nSPS) is 26.2. The van der Waals surface area contributed by atoms with Crippen molar-refractivity contribution < 1.29 is 23.9 Å². The molecular formula is C33H52BN5O6S. The van der Waals surface area contributed by atoms with Gasteiger partial charge in [0.2, 0.25) is 5.91 Å². The van der Waals surface area contributed by atoms with E-state index in [2.05, 4.69) is 76.1 Å². The second-order valence-corrected chi connectivity index (χ2v) is 15.7. The van der Waals surface area contributed by atoms with Gasteiger partial charge in [-0.3, -0.25) is 9.59 Å². The number of aryl methyl sites for hydroxylation is 1. The van der Waals surface area contributed by atoms with Gasteiger partial charge >= 0.3 is 7.12 Å². The lowest BCUT2D eigenvalue weighted by molar-refractivity contribution is -0.525. The summed E-state index contributed by atoms with van der Waals surface area (Å²) in [6.07, 6.45) is 4.12. The lowest BCUT2D eigenvalue weighted by Gasteiger charge is -2.64. The Balaban J connectivity index is 1.38. The Labute approximate surface area is 278 Å². The molecule has 1 aromatic carbocycles. The zero-order valence-corrected chi connectivity index (χ0v) is 29.1. The van der Waals surface area contributed by atoms with E-state index in [0.29, 0.717) is 43.3 Å². The van der Waals surface area contributed by atoms with Crippen molar-refractivity contribution in [1.29, 1.82) is 0 Å². The monoisotopic (exact) mass is 657 g/mol. The number of rotatable bonds is 17. The first-order valence-electron chi connectivity index (χ1n) is 16.7. The predicted molar refractivity (Wildman–Crippen MR) is 182 cm³/mol. The third-order valence-corrected chi connectivity index (χ3v) is 11.3. The maximum Gasteiger partial charge on any atom is 0.481 e. The average molecular weight is 658 g/mol. The van der Waals surface area contributed by atoms with Crippen molar-refractivity contribution in [3.63, 3.8) is 0 Å². The zero-order chi connectivity index (χ0) is 33.6. The van der Waals surface area contributed by atoms with E-state index in [1.165, 1.54) is 11.1 Å². The van der Waals surface area contributed by atoms with E-state index in [4.69, 9.17) is 15.0 Å². The Hall–Kier alpha value is -2.64. The number of nitrogens with two attached hydrogens (primary N) is 1. The Morgan fingerprint density at radius 2 is 1.93 bits per heavy atom. The molecule has 1 amide bonds. The standard InChI is InChI=1S/C33H52BN5O6S/c1-21(2)16-29(34-44-28-19-25-18-27(32(25,4)5)33(28,6)45-34)37-30(41)24(8-7-14-36-31(35)38-39(42)43)17-26(40)13-15-46-20-23-11-9-22(3)10-12-23/h9-12,21,24-25,27-29H,7-8,13-20H2,1-6H3,(H,37,41)(H3,35,36,38)/t24-,25-,27-,28-,29+,33+/m1/s1. The van der Waals surface area contributed by atoms with Crippen molar-refractivity contribution in [2.45, 2.75) is 110 Å². The molecule has 4 fully saturated rings. The van der Waals surface area contributed by atoms with Crippen LogP contribution in [0.4, 0.5) is 0 Å². The van der Waals surface area contributed by atoms with Gasteiger partial charge in [-0.2, -0.15) is 11.8 Å². The molecule has 11 nitrogen and oxygen atoms in total. The highest BCUT2D eigenvalue weighted by molar-refractivity contribution is 7.98. The largest absolute Gasteiger partial charge is 0.481 e. The summed E-state index contributed by atoms with van der Waals surface area (Å²) in [5, 5.41) is 13.1. The first-order chi connectivity index (χ1) is 21.7. The van der Waals surface area contributed by atoms with Crippen LogP contribution in [0.2, 0.25) is 0 Å². The fourth-order valence-electron chi connectivity index (χ4n) is 7.55. The number of aliphatic imine (C=N–C) groups is 1. The molecule has 0 aromatic heterocycles. The maximum absolute atomic E-state index is 13.9. The van der Waals surface area contributed by atoms with Crippen molar-refractivity contribution >= 4 is 36.5 Å². The highest BCUT2D eigenvalue weighted by Crippen LogP contribution is 2.65. The van der Waals surface area contributed by atoms with Crippen molar-refractivity contribution in [3.05, 3.63) is 45.5 Å². The molecule has 0 unspecified atom stereocenters. The van der Waals surface area contributed by atoms with E-state index in [1.807, 2.05) is 5.43 Å². The smallest absolute Gasteiger partial charge is 0.404 e. The van der Waals surface area contributed by atoms with Crippen LogP contribution in [0.25, 0.3) is 0 Å². The molecule has 1 saturated heterocycles. The minimum atomic E-state index is -0.770. The molecule has 0 spiro atoms. The summed E-state index contributed by atoms with van der Waals surface area (Å²) in [7, 11) is -0.552. The van der Waals surface area contributed by atoms with Gasteiger partial charge in [-0.15, -0.1) is 0 Å². The van der Waals surface area contributed by atoms with Crippen LogP contribution >= 0.6 is 11.8 Å². The van der Waals surface area contributed by atoms with E-state index in [1.54, 1.807) is 11.8 Å². The van der Waals surface area contributed by atoms with Gasteiger partial charge in [0.1, 0.15) is 5.78 Å². The van der Waals surface area contributed by atoms with Crippen molar-refractivity contribution in [1.82, 2.24) is 10.7 Å². The summed E-state index contributed by atoms with van der Waals surface area (Å²) < 4.78 is 13.3. The van der Waals surface area contributed by atoms with Gasteiger partial charge in [0.05, 0.1) is 17.6 Å². The van der Waals surface area contributed by atoms with E-state index in [0.717, 1.165) is 18.6 Å². The zero-order valence-electron chi connectivity index (χ0n) is 28.3.